The maximum Gasteiger partial charge on any atom is -0.0500 e. The van der Waals surface area contributed by atoms with Crippen LogP contribution in [0.3, 0.4) is 0 Å². The molecule has 0 radical (unpaired) electrons. The highest BCUT2D eigenvalue weighted by atomic mass is 13.7. The molecule has 0 nitrogen and oxygen atoms in total. The van der Waals surface area contributed by atoms with Gasteiger partial charge in [0.2, 0.25) is 0 Å². The molecule has 0 aromatic carbocycles. The lowest BCUT2D eigenvalue weighted by atomic mass is 10.3. The number of terminal acetylenes is 1. The van der Waals surface area contributed by atoms with Crippen LogP contribution < -0.4 is 0 Å². The van der Waals surface area contributed by atoms with Crippen LogP contribution in [0.2, 0.25) is 0 Å². The van der Waals surface area contributed by atoms with Crippen LogP contribution in [0.1, 0.15) is 67.7 Å². The summed E-state index contributed by atoms with van der Waals surface area (Å²) in [5.74, 6) is 0.833. The van der Waals surface area contributed by atoms with Crippen molar-refractivity contribution in [2.45, 2.75) is 67.7 Å². The van der Waals surface area contributed by atoms with E-state index in [2.05, 4.69) is 47.5 Å². The summed E-state index contributed by atoms with van der Waals surface area (Å²) in [6, 6.07) is 0. The fourth-order valence-electron chi connectivity index (χ4n) is 0.354. The molecule has 0 heteroatoms. The van der Waals surface area contributed by atoms with E-state index in [-0.39, 0.29) is 0 Å². The standard InChI is InChI=1S/C5H12.C4H10.C2H6.C2H2/c1-3-5-4-2;1-4(2)3;2*1-2/h3-5H2,1-2H3;4H,1-3H3;1-2H3;1-2H. The predicted octanol–water partition coefficient (Wildman–Crippen LogP) is 5.13. The van der Waals surface area contributed by atoms with Gasteiger partial charge in [0.1, 0.15) is 0 Å². The van der Waals surface area contributed by atoms with E-state index in [0.717, 1.165) is 5.92 Å². The molecule has 0 aliphatic heterocycles. The average Bonchev–Trinajstić information content (AvgIpc) is 2.12. The minimum atomic E-state index is 0.833. The van der Waals surface area contributed by atoms with Gasteiger partial charge < -0.3 is 0 Å². The summed E-state index contributed by atoms with van der Waals surface area (Å²) in [7, 11) is 0. The van der Waals surface area contributed by atoms with Gasteiger partial charge in [0.05, 0.1) is 0 Å². The Morgan fingerprint density at radius 1 is 0.846 bits per heavy atom. The molecule has 0 amide bonds. The van der Waals surface area contributed by atoms with E-state index >= 15 is 0 Å². The Morgan fingerprint density at radius 3 is 1.00 bits per heavy atom. The maximum atomic E-state index is 4.00. The molecule has 0 heterocycles. The van der Waals surface area contributed by atoms with E-state index in [1.54, 1.807) is 0 Å². The monoisotopic (exact) mass is 186 g/mol. The molecule has 0 atom stereocenters. The first-order chi connectivity index (χ1) is 6.15. The van der Waals surface area contributed by atoms with Crippen molar-refractivity contribution in [3.05, 3.63) is 0 Å². The fraction of sp³-hybridized carbons (Fsp3) is 0.846. The van der Waals surface area contributed by atoms with Crippen LogP contribution in [0, 0.1) is 18.8 Å². The molecule has 0 fully saturated rings. The molecule has 13 heavy (non-hydrogen) atoms. The SMILES string of the molecule is C#C.CC.CC(C)C.CCCCC. The Balaban J connectivity index is -0.0000000457. The van der Waals surface area contributed by atoms with E-state index in [0.29, 0.717) is 0 Å². The van der Waals surface area contributed by atoms with Crippen molar-refractivity contribution in [1.82, 2.24) is 0 Å². The van der Waals surface area contributed by atoms with Crippen molar-refractivity contribution >= 4 is 0 Å². The number of hydrogen-bond donors (Lipinski definition) is 0. The molecule has 0 spiro atoms. The molecule has 0 N–H and O–H groups in total. The largest absolute Gasteiger partial charge is 0.124 e. The first-order valence-corrected chi connectivity index (χ1v) is 5.48. The third-order valence-corrected chi connectivity index (χ3v) is 0.707. The summed E-state index contributed by atoms with van der Waals surface area (Å²) in [6.07, 6.45) is 12.1. The van der Waals surface area contributed by atoms with Crippen molar-refractivity contribution in [1.29, 1.82) is 0 Å². The minimum Gasteiger partial charge on any atom is -0.124 e. The highest BCUT2D eigenvalue weighted by Crippen LogP contribution is 1.88. The van der Waals surface area contributed by atoms with E-state index in [4.69, 9.17) is 0 Å². The van der Waals surface area contributed by atoms with Gasteiger partial charge >= 0.3 is 0 Å². The zero-order valence-electron chi connectivity index (χ0n) is 10.9. The summed E-state index contributed by atoms with van der Waals surface area (Å²) < 4.78 is 0. The molecule has 0 aromatic rings. The van der Waals surface area contributed by atoms with Gasteiger partial charge in [0, 0.05) is 0 Å². The Bertz CT molecular complexity index is 45.5. The van der Waals surface area contributed by atoms with Crippen molar-refractivity contribution in [2.75, 3.05) is 0 Å². The highest BCUT2D eigenvalue weighted by molar-refractivity contribution is 4.47. The molecule has 0 aromatic heterocycles. The zero-order valence-corrected chi connectivity index (χ0v) is 10.9. The second-order valence-electron chi connectivity index (χ2n) is 3.09. The number of hydrogen-bond acceptors (Lipinski definition) is 0. The molecule has 0 unspecified atom stereocenters. The van der Waals surface area contributed by atoms with Gasteiger partial charge in [-0.2, -0.15) is 0 Å². The Hall–Kier alpha value is -0.440. The third kappa shape index (κ3) is 434. The van der Waals surface area contributed by atoms with Crippen molar-refractivity contribution < 1.29 is 0 Å². The quantitative estimate of drug-likeness (QED) is 0.524. The van der Waals surface area contributed by atoms with E-state index in [1.165, 1.54) is 19.3 Å². The van der Waals surface area contributed by atoms with Crippen LogP contribution in [0.5, 0.6) is 0 Å². The number of unbranched alkanes of at least 4 members (excludes halogenated alkanes) is 2. The molecule has 0 aliphatic rings. The van der Waals surface area contributed by atoms with Gasteiger partial charge in [-0.3, -0.25) is 0 Å². The van der Waals surface area contributed by atoms with Crippen LogP contribution >= 0.6 is 0 Å². The Kier molecular flexibility index (Phi) is 73.5. The van der Waals surface area contributed by atoms with E-state index < -0.39 is 0 Å². The predicted molar refractivity (Wildman–Crippen MR) is 66.9 cm³/mol. The van der Waals surface area contributed by atoms with Crippen molar-refractivity contribution in [3.8, 4) is 12.8 Å². The van der Waals surface area contributed by atoms with Gasteiger partial charge in [0.15, 0.2) is 0 Å². The molecule has 82 valence electrons. The summed E-state index contributed by atoms with van der Waals surface area (Å²) in [4.78, 5) is 0. The van der Waals surface area contributed by atoms with Crippen LogP contribution in [-0.4, -0.2) is 0 Å². The van der Waals surface area contributed by atoms with Gasteiger partial charge in [-0.25, -0.2) is 0 Å². The Morgan fingerprint density at radius 2 is 1.00 bits per heavy atom. The van der Waals surface area contributed by atoms with Crippen molar-refractivity contribution in [2.24, 2.45) is 5.92 Å². The summed E-state index contributed by atoms with van der Waals surface area (Å²) in [5, 5.41) is 0. The van der Waals surface area contributed by atoms with Gasteiger partial charge in [-0.1, -0.05) is 67.7 Å². The average molecular weight is 186 g/mol. The molecule has 0 saturated heterocycles. The van der Waals surface area contributed by atoms with Crippen LogP contribution in [0.15, 0.2) is 0 Å². The summed E-state index contributed by atoms with van der Waals surface area (Å²) >= 11 is 0. The van der Waals surface area contributed by atoms with Gasteiger partial charge in [-0.05, 0) is 5.92 Å². The van der Waals surface area contributed by atoms with Gasteiger partial charge in [0.25, 0.3) is 0 Å². The zero-order chi connectivity index (χ0) is 11.7. The maximum absolute atomic E-state index is 4.00. The molecular weight excluding hydrogens is 156 g/mol. The van der Waals surface area contributed by atoms with E-state index in [1.807, 2.05) is 13.8 Å². The second kappa shape index (κ2) is 41.7. The van der Waals surface area contributed by atoms with Crippen LogP contribution in [0.25, 0.3) is 0 Å². The first kappa shape index (κ1) is 22.9. The molecular formula is C13H30. The lowest BCUT2D eigenvalue weighted by Crippen LogP contribution is -1.66. The smallest absolute Gasteiger partial charge is 0.0500 e. The molecule has 0 saturated carbocycles. The summed E-state index contributed by atoms with van der Waals surface area (Å²) in [5.41, 5.74) is 0. The molecule has 0 rings (SSSR count). The lowest BCUT2D eigenvalue weighted by Gasteiger charge is -1.79. The van der Waals surface area contributed by atoms with Crippen LogP contribution in [-0.2, 0) is 0 Å². The topological polar surface area (TPSA) is 0 Å². The first-order valence-electron chi connectivity index (χ1n) is 5.48. The summed E-state index contributed by atoms with van der Waals surface area (Å²) in [6.45, 7) is 14.9. The van der Waals surface area contributed by atoms with Gasteiger partial charge in [-0.15, -0.1) is 12.8 Å². The molecule has 0 aliphatic carbocycles. The lowest BCUT2D eigenvalue weighted by molar-refractivity contribution is 0.737. The van der Waals surface area contributed by atoms with Crippen molar-refractivity contribution in [3.63, 3.8) is 0 Å². The second-order valence-corrected chi connectivity index (χ2v) is 3.09. The minimum absolute atomic E-state index is 0.833. The fourth-order valence-corrected chi connectivity index (χ4v) is 0.354. The van der Waals surface area contributed by atoms with Crippen LogP contribution in [0.4, 0.5) is 0 Å². The van der Waals surface area contributed by atoms with E-state index in [9.17, 15) is 0 Å². The highest BCUT2D eigenvalue weighted by Gasteiger charge is 1.68. The third-order valence-electron chi connectivity index (χ3n) is 0.707. The Labute approximate surface area is 87.1 Å². The number of rotatable bonds is 2. The normalized spacial score (nSPS) is 6.62. The molecule has 0 bridgehead atoms.